The van der Waals surface area contributed by atoms with E-state index in [9.17, 15) is 14.9 Å². The van der Waals surface area contributed by atoms with Crippen molar-refractivity contribution in [2.45, 2.75) is 45.8 Å². The van der Waals surface area contributed by atoms with Gasteiger partial charge in [-0.15, -0.1) is 0 Å². The maximum absolute atomic E-state index is 11.8. The van der Waals surface area contributed by atoms with Crippen molar-refractivity contribution in [3.8, 4) is 0 Å². The van der Waals surface area contributed by atoms with Crippen molar-refractivity contribution in [3.05, 3.63) is 21.5 Å². The summed E-state index contributed by atoms with van der Waals surface area (Å²) >= 11 is 0. The molecule has 8 heteroatoms. The molecule has 1 aromatic heterocycles. The third-order valence-electron chi connectivity index (χ3n) is 3.63. The van der Waals surface area contributed by atoms with Crippen LogP contribution in [0.1, 0.15) is 30.7 Å². The Morgan fingerprint density at radius 3 is 2.90 bits per heavy atom. The van der Waals surface area contributed by atoms with Crippen LogP contribution in [-0.2, 0) is 16.1 Å². The smallest absolute Gasteiger partial charge is 0.312 e. The Bertz CT molecular complexity index is 535. The summed E-state index contributed by atoms with van der Waals surface area (Å²) in [4.78, 5) is 22.3. The van der Waals surface area contributed by atoms with E-state index in [2.05, 4.69) is 10.4 Å². The van der Waals surface area contributed by atoms with Gasteiger partial charge in [0.2, 0.25) is 5.91 Å². The van der Waals surface area contributed by atoms with Crippen LogP contribution in [0, 0.1) is 24.0 Å². The molecule has 8 nitrogen and oxygen atoms in total. The Kier molecular flexibility index (Phi) is 4.89. The molecule has 2 heterocycles. The quantitative estimate of drug-likeness (QED) is 0.626. The van der Waals surface area contributed by atoms with Gasteiger partial charge in [-0.3, -0.25) is 19.6 Å². The van der Waals surface area contributed by atoms with Crippen LogP contribution in [0.5, 0.6) is 0 Å². The second-order valence-electron chi connectivity index (χ2n) is 5.21. The average Bonchev–Trinajstić information content (AvgIpc) is 2.99. The molecule has 1 aromatic rings. The summed E-state index contributed by atoms with van der Waals surface area (Å²) in [5.74, 6) is -0.200. The fraction of sp³-hybridized carbons (Fsp3) is 0.692. The van der Waals surface area contributed by atoms with E-state index >= 15 is 0 Å². The van der Waals surface area contributed by atoms with Crippen molar-refractivity contribution < 1.29 is 14.5 Å². The Hall–Kier alpha value is -1.96. The number of aromatic nitrogens is 2. The van der Waals surface area contributed by atoms with E-state index in [1.54, 1.807) is 13.8 Å². The molecule has 1 amide bonds. The van der Waals surface area contributed by atoms with E-state index in [4.69, 9.17) is 4.74 Å². The van der Waals surface area contributed by atoms with E-state index in [0.29, 0.717) is 17.9 Å². The molecule has 1 aliphatic rings. The van der Waals surface area contributed by atoms with E-state index in [-0.39, 0.29) is 24.2 Å². The zero-order chi connectivity index (χ0) is 15.4. The second kappa shape index (κ2) is 6.66. The second-order valence-corrected chi connectivity index (χ2v) is 5.21. The van der Waals surface area contributed by atoms with Crippen LogP contribution in [-0.4, -0.2) is 39.9 Å². The highest BCUT2D eigenvalue weighted by atomic mass is 16.6. The fourth-order valence-electron chi connectivity index (χ4n) is 2.54. The molecule has 1 atom stereocenters. The minimum Gasteiger partial charge on any atom is -0.378 e. The van der Waals surface area contributed by atoms with E-state index < -0.39 is 4.92 Å². The fourth-order valence-corrected chi connectivity index (χ4v) is 2.54. The van der Waals surface area contributed by atoms with Crippen molar-refractivity contribution in [2.24, 2.45) is 0 Å². The number of nitro groups is 1. The van der Waals surface area contributed by atoms with Crippen LogP contribution in [0.15, 0.2) is 0 Å². The lowest BCUT2D eigenvalue weighted by Crippen LogP contribution is -2.30. The largest absolute Gasteiger partial charge is 0.378 e. The van der Waals surface area contributed by atoms with Gasteiger partial charge < -0.3 is 10.1 Å². The predicted octanol–water partition coefficient (Wildman–Crippen LogP) is 1.09. The number of amides is 1. The minimum absolute atomic E-state index is 0.00790. The van der Waals surface area contributed by atoms with Gasteiger partial charge in [0.05, 0.1) is 11.0 Å². The van der Waals surface area contributed by atoms with E-state index in [1.807, 2.05) is 0 Å². The molecule has 0 bridgehead atoms. The molecule has 0 spiro atoms. The number of hydrogen-bond acceptors (Lipinski definition) is 5. The molecule has 21 heavy (non-hydrogen) atoms. The van der Waals surface area contributed by atoms with E-state index in [1.165, 1.54) is 4.68 Å². The lowest BCUT2D eigenvalue weighted by Gasteiger charge is -2.10. The number of hydrogen-bond donors (Lipinski definition) is 1. The SMILES string of the molecule is Cc1nn(CC(=O)NCC[C@@H]2CCCO2)c(C)c1[N+](=O)[O-]. The predicted molar refractivity (Wildman–Crippen MR) is 75.0 cm³/mol. The van der Waals surface area contributed by atoms with Crippen molar-refractivity contribution in [1.29, 1.82) is 0 Å². The Balaban J connectivity index is 1.85. The number of ether oxygens (including phenoxy) is 1. The summed E-state index contributed by atoms with van der Waals surface area (Å²) in [5.41, 5.74) is 0.693. The van der Waals surface area contributed by atoms with Gasteiger partial charge in [-0.2, -0.15) is 5.10 Å². The third kappa shape index (κ3) is 3.78. The summed E-state index contributed by atoms with van der Waals surface area (Å²) in [6, 6.07) is 0. The minimum atomic E-state index is -0.469. The van der Waals surface area contributed by atoms with Crippen LogP contribution in [0.4, 0.5) is 5.69 Å². The molecule has 1 N–H and O–H groups in total. The molecule has 116 valence electrons. The van der Waals surface area contributed by atoms with Crippen LogP contribution in [0.2, 0.25) is 0 Å². The summed E-state index contributed by atoms with van der Waals surface area (Å²) in [6.45, 7) is 4.50. The third-order valence-corrected chi connectivity index (χ3v) is 3.63. The van der Waals surface area contributed by atoms with Gasteiger partial charge in [0, 0.05) is 13.2 Å². The van der Waals surface area contributed by atoms with Gasteiger partial charge in [-0.25, -0.2) is 0 Å². The Morgan fingerprint density at radius 1 is 1.57 bits per heavy atom. The van der Waals surface area contributed by atoms with Crippen LogP contribution in [0.25, 0.3) is 0 Å². The molecule has 1 aliphatic heterocycles. The number of aryl methyl sites for hydroxylation is 1. The first-order valence-corrected chi connectivity index (χ1v) is 7.05. The van der Waals surface area contributed by atoms with Crippen LogP contribution < -0.4 is 5.32 Å². The van der Waals surface area contributed by atoms with Gasteiger partial charge in [-0.1, -0.05) is 0 Å². The molecule has 1 saturated heterocycles. The standard InChI is InChI=1S/C13H20N4O4/c1-9-13(17(19)20)10(2)16(15-9)8-12(18)14-6-5-11-4-3-7-21-11/h11H,3-8H2,1-2H3,(H,14,18)/t11-/m0/s1. The van der Waals surface area contributed by atoms with Crippen molar-refractivity contribution >= 4 is 11.6 Å². The molecular formula is C13H20N4O4. The highest BCUT2D eigenvalue weighted by Crippen LogP contribution is 2.21. The summed E-state index contributed by atoms with van der Waals surface area (Å²) < 4.78 is 6.84. The summed E-state index contributed by atoms with van der Waals surface area (Å²) in [6.07, 6.45) is 3.15. The normalized spacial score (nSPS) is 17.9. The van der Waals surface area contributed by atoms with Crippen molar-refractivity contribution in [1.82, 2.24) is 15.1 Å². The van der Waals surface area contributed by atoms with Gasteiger partial charge in [-0.05, 0) is 33.1 Å². The molecular weight excluding hydrogens is 276 g/mol. The average molecular weight is 296 g/mol. The molecule has 0 aliphatic carbocycles. The first-order valence-electron chi connectivity index (χ1n) is 7.05. The molecule has 2 rings (SSSR count). The zero-order valence-electron chi connectivity index (χ0n) is 12.3. The molecule has 0 aromatic carbocycles. The van der Waals surface area contributed by atoms with Gasteiger partial charge in [0.25, 0.3) is 0 Å². The lowest BCUT2D eigenvalue weighted by atomic mass is 10.2. The number of carbonyl (C=O) groups is 1. The number of nitrogens with one attached hydrogen (secondary N) is 1. The summed E-state index contributed by atoms with van der Waals surface area (Å²) in [7, 11) is 0. The lowest BCUT2D eigenvalue weighted by molar-refractivity contribution is -0.386. The molecule has 0 saturated carbocycles. The highest BCUT2D eigenvalue weighted by molar-refractivity contribution is 5.75. The number of nitrogens with zero attached hydrogens (tertiary/aromatic N) is 3. The van der Waals surface area contributed by atoms with Gasteiger partial charge in [0.15, 0.2) is 0 Å². The molecule has 1 fully saturated rings. The van der Waals surface area contributed by atoms with Crippen LogP contribution in [0.3, 0.4) is 0 Å². The molecule has 0 radical (unpaired) electrons. The maximum Gasteiger partial charge on any atom is 0.312 e. The van der Waals surface area contributed by atoms with E-state index in [0.717, 1.165) is 25.9 Å². The van der Waals surface area contributed by atoms with Crippen molar-refractivity contribution in [2.75, 3.05) is 13.2 Å². The number of rotatable bonds is 6. The number of carbonyl (C=O) groups excluding carboxylic acids is 1. The Labute approximate surface area is 122 Å². The Morgan fingerprint density at radius 2 is 2.33 bits per heavy atom. The maximum atomic E-state index is 11.8. The van der Waals surface area contributed by atoms with Crippen LogP contribution >= 0.6 is 0 Å². The first kappa shape index (κ1) is 15.4. The van der Waals surface area contributed by atoms with Crippen molar-refractivity contribution in [3.63, 3.8) is 0 Å². The monoisotopic (exact) mass is 296 g/mol. The summed E-state index contributed by atoms with van der Waals surface area (Å²) in [5, 5.41) is 17.7. The topological polar surface area (TPSA) is 99.3 Å². The molecule has 0 unspecified atom stereocenters. The first-order chi connectivity index (χ1) is 9.99. The van der Waals surface area contributed by atoms with Gasteiger partial charge >= 0.3 is 5.69 Å². The van der Waals surface area contributed by atoms with Gasteiger partial charge in [0.1, 0.15) is 17.9 Å². The highest BCUT2D eigenvalue weighted by Gasteiger charge is 2.22. The zero-order valence-corrected chi connectivity index (χ0v) is 12.3.